The van der Waals surface area contributed by atoms with Gasteiger partial charge in [0.1, 0.15) is 13.2 Å². The number of hydrogen-bond acceptors (Lipinski definition) is 5. The van der Waals surface area contributed by atoms with Crippen LogP contribution in [0.5, 0.6) is 0 Å². The summed E-state index contributed by atoms with van der Waals surface area (Å²) in [6.07, 6.45) is 38.3. The minimum Gasteiger partial charge on any atom is -0.387 e. The zero-order valence-corrected chi connectivity index (χ0v) is 30.2. The molecule has 0 spiro atoms. The number of aliphatic hydroxyl groups is 1. The Kier molecular flexibility index (Phi) is 27.4. The molecule has 46 heavy (non-hydrogen) atoms. The van der Waals surface area contributed by atoms with Crippen LogP contribution in [0, 0.1) is 0 Å². The first-order valence-corrected chi connectivity index (χ1v) is 18.5. The largest absolute Gasteiger partial charge is 0.472 e. The number of amides is 1. The maximum absolute atomic E-state index is 12.7. The van der Waals surface area contributed by atoms with Gasteiger partial charge in [-0.25, -0.2) is 4.57 Å². The first kappa shape index (κ1) is 43.7. The number of rotatable bonds is 28. The van der Waals surface area contributed by atoms with Crippen LogP contribution in [-0.2, 0) is 18.4 Å². The fourth-order valence-electron chi connectivity index (χ4n) is 3.88. The van der Waals surface area contributed by atoms with Crippen LogP contribution in [0.25, 0.3) is 0 Å². The molecule has 0 aliphatic carbocycles. The van der Waals surface area contributed by atoms with E-state index >= 15 is 0 Å². The molecule has 0 aromatic carbocycles. The summed E-state index contributed by atoms with van der Waals surface area (Å²) < 4.78 is 23.2. The minimum atomic E-state index is -4.36. The maximum atomic E-state index is 12.7. The van der Waals surface area contributed by atoms with Gasteiger partial charge in [-0.1, -0.05) is 112 Å². The Bertz CT molecular complexity index is 1020. The van der Waals surface area contributed by atoms with Gasteiger partial charge in [0, 0.05) is 6.42 Å². The molecule has 8 nitrogen and oxygen atoms in total. The van der Waals surface area contributed by atoms with E-state index in [4.69, 9.17) is 9.05 Å². The summed E-state index contributed by atoms with van der Waals surface area (Å²) in [6.45, 7) is 4.49. The summed E-state index contributed by atoms with van der Waals surface area (Å²) in [4.78, 5) is 22.8. The van der Waals surface area contributed by atoms with Crippen molar-refractivity contribution >= 4 is 13.7 Å². The molecule has 3 atom stereocenters. The molecular weight excluding hydrogens is 599 g/mol. The molecule has 0 aliphatic heterocycles. The van der Waals surface area contributed by atoms with Crippen molar-refractivity contribution < 1.29 is 32.9 Å². The first-order chi connectivity index (χ1) is 22.0. The van der Waals surface area contributed by atoms with Crippen molar-refractivity contribution in [1.29, 1.82) is 0 Å². The van der Waals surface area contributed by atoms with Crippen molar-refractivity contribution in [2.24, 2.45) is 0 Å². The summed E-state index contributed by atoms with van der Waals surface area (Å²) in [5.41, 5.74) is 0. The van der Waals surface area contributed by atoms with E-state index in [-0.39, 0.29) is 25.5 Å². The third kappa shape index (κ3) is 30.3. The lowest BCUT2D eigenvalue weighted by Crippen LogP contribution is -2.45. The molecule has 0 heterocycles. The lowest BCUT2D eigenvalue weighted by molar-refractivity contribution is -0.870. The smallest absolute Gasteiger partial charge is 0.387 e. The highest BCUT2D eigenvalue weighted by Crippen LogP contribution is 2.43. The van der Waals surface area contributed by atoms with Crippen molar-refractivity contribution in [3.05, 3.63) is 85.1 Å². The molecule has 0 saturated heterocycles. The van der Waals surface area contributed by atoms with Gasteiger partial charge in [-0.05, 0) is 57.8 Å². The van der Waals surface area contributed by atoms with E-state index in [1.54, 1.807) is 12.2 Å². The van der Waals surface area contributed by atoms with E-state index in [9.17, 15) is 19.4 Å². The average molecular weight is 664 g/mol. The van der Waals surface area contributed by atoms with Crippen molar-refractivity contribution in [1.82, 2.24) is 5.32 Å². The highest BCUT2D eigenvalue weighted by Gasteiger charge is 2.27. The second-order valence-electron chi connectivity index (χ2n) is 12.2. The normalized spacial score (nSPS) is 15.9. The maximum Gasteiger partial charge on any atom is 0.472 e. The van der Waals surface area contributed by atoms with Crippen molar-refractivity contribution in [2.45, 2.75) is 103 Å². The number of likely N-dealkylation sites (N-methyl/N-ethyl adjacent to an activating group) is 1. The summed E-state index contributed by atoms with van der Waals surface area (Å²) in [5.74, 6) is -0.323. The quantitative estimate of drug-likeness (QED) is 0.0337. The van der Waals surface area contributed by atoms with Crippen LogP contribution in [0.2, 0.25) is 0 Å². The number of carbonyl (C=O) groups is 1. The monoisotopic (exact) mass is 663 g/mol. The molecule has 0 aliphatic rings. The van der Waals surface area contributed by atoms with Gasteiger partial charge in [0.15, 0.2) is 0 Å². The molecule has 1 amide bonds. The number of nitrogens with zero attached hydrogens (tertiary/aromatic N) is 1. The number of nitrogens with one attached hydrogen (secondary N) is 1. The predicted octanol–water partition coefficient (Wildman–Crippen LogP) is 8.29. The summed E-state index contributed by atoms with van der Waals surface area (Å²) >= 11 is 0. The highest BCUT2D eigenvalue weighted by atomic mass is 31.2. The second kappa shape index (κ2) is 28.9. The van der Waals surface area contributed by atoms with Gasteiger partial charge in [-0.15, -0.1) is 0 Å². The lowest BCUT2D eigenvalue weighted by Gasteiger charge is -2.25. The van der Waals surface area contributed by atoms with E-state index < -0.39 is 20.0 Å². The molecule has 9 heteroatoms. The number of phosphoric acid groups is 1. The van der Waals surface area contributed by atoms with Crippen molar-refractivity contribution in [3.63, 3.8) is 0 Å². The fraction of sp³-hybridized carbons (Fsp3) is 0.595. The Balaban J connectivity index is 4.81. The van der Waals surface area contributed by atoms with Gasteiger partial charge in [-0.2, -0.15) is 0 Å². The molecule has 0 fully saturated rings. The number of aliphatic hydroxyl groups excluding tert-OH is 1. The summed E-state index contributed by atoms with van der Waals surface area (Å²) in [6, 6.07) is -0.918. The van der Waals surface area contributed by atoms with Crippen LogP contribution in [0.4, 0.5) is 0 Å². The van der Waals surface area contributed by atoms with Crippen molar-refractivity contribution in [2.75, 3.05) is 40.9 Å². The Labute approximate surface area is 280 Å². The standard InChI is InChI=1S/C37H63N2O6P/c1-6-8-10-12-14-16-17-18-19-20-21-23-25-27-29-31-37(41)38-35(34-45-46(42,43)44-33-32-39(3,4)5)36(40)30-28-26-24-22-15-13-11-9-7-2/h8,10,14-16,18-19,21-23,27-30,35-36,40H,6-7,9,11-13,17,20,24-26,31-34H2,1-5H3,(H-,38,41,42,43)/p+1/b10-8-,16-14-,19-18-,22-15+,23-21-,29-27-,30-28+. The third-order valence-corrected chi connectivity index (χ3v) is 7.61. The van der Waals surface area contributed by atoms with E-state index in [1.165, 1.54) is 19.3 Å². The zero-order valence-electron chi connectivity index (χ0n) is 29.3. The number of quaternary nitrogens is 1. The minimum absolute atomic E-state index is 0.0345. The molecule has 262 valence electrons. The highest BCUT2D eigenvalue weighted by molar-refractivity contribution is 7.47. The number of carbonyl (C=O) groups excluding carboxylic acids is 1. The molecule has 0 bridgehead atoms. The second-order valence-corrected chi connectivity index (χ2v) is 13.6. The predicted molar refractivity (Wildman–Crippen MR) is 193 cm³/mol. The summed E-state index contributed by atoms with van der Waals surface area (Å²) in [7, 11) is 1.47. The van der Waals surface area contributed by atoms with Gasteiger partial charge in [0.05, 0.1) is 39.9 Å². The van der Waals surface area contributed by atoms with Crippen LogP contribution < -0.4 is 5.32 Å². The van der Waals surface area contributed by atoms with Crippen molar-refractivity contribution in [3.8, 4) is 0 Å². The van der Waals surface area contributed by atoms with Gasteiger partial charge in [0.2, 0.25) is 5.91 Å². The van der Waals surface area contributed by atoms with E-state index in [1.807, 2.05) is 39.4 Å². The molecule has 0 aromatic heterocycles. The van der Waals surface area contributed by atoms with Crippen LogP contribution in [0.15, 0.2) is 85.1 Å². The molecule has 0 saturated carbocycles. The van der Waals surface area contributed by atoms with Crippen LogP contribution in [0.1, 0.15) is 90.9 Å². The molecule has 0 aromatic rings. The van der Waals surface area contributed by atoms with E-state index in [0.29, 0.717) is 17.4 Å². The molecule has 3 unspecified atom stereocenters. The van der Waals surface area contributed by atoms with E-state index in [0.717, 1.165) is 44.9 Å². The third-order valence-electron chi connectivity index (χ3n) is 6.63. The number of hydrogen-bond donors (Lipinski definition) is 3. The zero-order chi connectivity index (χ0) is 34.4. The van der Waals surface area contributed by atoms with Gasteiger partial charge < -0.3 is 19.8 Å². The Hall–Kier alpha value is -2.32. The summed E-state index contributed by atoms with van der Waals surface area (Å²) in [5, 5.41) is 13.5. The topological polar surface area (TPSA) is 105 Å². The molecule has 3 N–H and O–H groups in total. The van der Waals surface area contributed by atoms with Crippen LogP contribution in [0.3, 0.4) is 0 Å². The van der Waals surface area contributed by atoms with Gasteiger partial charge >= 0.3 is 7.82 Å². The first-order valence-electron chi connectivity index (χ1n) is 17.0. The lowest BCUT2D eigenvalue weighted by atomic mass is 10.1. The van der Waals surface area contributed by atoms with Crippen LogP contribution in [-0.4, -0.2) is 73.4 Å². The Morgan fingerprint density at radius 1 is 0.761 bits per heavy atom. The molecule has 0 radical (unpaired) electrons. The molecular formula is C37H64N2O6P+. The molecule has 0 rings (SSSR count). The van der Waals surface area contributed by atoms with Gasteiger partial charge in [-0.3, -0.25) is 13.8 Å². The van der Waals surface area contributed by atoms with Crippen LogP contribution >= 0.6 is 7.82 Å². The SMILES string of the molecule is CC/C=C\C/C=C\C/C=C\C/C=C\C/C=C\CC(=O)NC(COP(=O)(O)OCC[N+](C)(C)C)C(O)/C=C/CC/C=C/CCCCC. The Morgan fingerprint density at radius 2 is 1.30 bits per heavy atom. The number of unbranched alkanes of at least 4 members (excludes halogenated alkanes) is 4. The number of phosphoric ester groups is 1. The number of allylic oxidation sites excluding steroid dienone is 12. The van der Waals surface area contributed by atoms with E-state index in [2.05, 4.69) is 73.8 Å². The fourth-order valence-corrected chi connectivity index (χ4v) is 4.62. The Morgan fingerprint density at radius 3 is 1.87 bits per heavy atom. The average Bonchev–Trinajstić information content (AvgIpc) is 2.99. The van der Waals surface area contributed by atoms with Gasteiger partial charge in [0.25, 0.3) is 0 Å².